The molecule has 124 valence electrons. The van der Waals surface area contributed by atoms with E-state index in [1.54, 1.807) is 0 Å². The Labute approximate surface area is 154 Å². The van der Waals surface area contributed by atoms with Crippen LogP contribution in [0.1, 0.15) is 33.4 Å². The Morgan fingerprint density at radius 2 is 1.31 bits per heavy atom. The number of fused-ring (bicyclic) bond motifs is 8. The van der Waals surface area contributed by atoms with Crippen LogP contribution in [-0.2, 0) is 12.8 Å². The van der Waals surface area contributed by atoms with Crippen molar-refractivity contribution in [2.75, 3.05) is 0 Å². The van der Waals surface area contributed by atoms with Crippen LogP contribution in [0.2, 0.25) is 0 Å². The van der Waals surface area contributed by atoms with Crippen molar-refractivity contribution in [1.29, 1.82) is 0 Å². The topological polar surface area (TPSA) is 0 Å². The highest BCUT2D eigenvalue weighted by molar-refractivity contribution is 6.03. The SMILES string of the molecule is Cc1ccc2c(c1)Cc1cc3c(cc1-2)-c1c(cc(C)c2ccccc12)C3. The van der Waals surface area contributed by atoms with E-state index in [1.807, 2.05) is 0 Å². The summed E-state index contributed by atoms with van der Waals surface area (Å²) < 4.78 is 0. The van der Waals surface area contributed by atoms with Crippen molar-refractivity contribution in [3.8, 4) is 22.3 Å². The van der Waals surface area contributed by atoms with E-state index in [4.69, 9.17) is 0 Å². The average Bonchev–Trinajstić information content (AvgIpc) is 3.16. The molecule has 0 amide bonds. The third kappa shape index (κ3) is 1.79. The number of hydrogen-bond acceptors (Lipinski definition) is 0. The van der Waals surface area contributed by atoms with Crippen LogP contribution < -0.4 is 0 Å². The molecule has 0 nitrogen and oxygen atoms in total. The van der Waals surface area contributed by atoms with Crippen molar-refractivity contribution in [2.45, 2.75) is 26.7 Å². The van der Waals surface area contributed by atoms with Gasteiger partial charge in [-0.25, -0.2) is 0 Å². The first-order chi connectivity index (χ1) is 12.7. The molecule has 0 aromatic heterocycles. The van der Waals surface area contributed by atoms with Gasteiger partial charge in [-0.15, -0.1) is 0 Å². The van der Waals surface area contributed by atoms with E-state index in [0.29, 0.717) is 0 Å². The van der Waals surface area contributed by atoms with Gasteiger partial charge in [-0.1, -0.05) is 60.2 Å². The highest BCUT2D eigenvalue weighted by atomic mass is 14.3. The first-order valence-corrected chi connectivity index (χ1v) is 9.46. The molecule has 6 rings (SSSR count). The van der Waals surface area contributed by atoms with Crippen LogP contribution in [0.5, 0.6) is 0 Å². The summed E-state index contributed by atoms with van der Waals surface area (Å²) in [6, 6.07) is 23.1. The standard InChI is InChI=1S/C26H20/c1-15-7-8-22-17(9-15)11-18-12-19-13-20-10-16(2)21-5-3-4-6-23(21)26(20)25(19)14-24(18)22/h3-10,12,14H,11,13H2,1-2H3. The molecule has 0 heterocycles. The Bertz CT molecular complexity index is 1240. The molecule has 0 spiro atoms. The summed E-state index contributed by atoms with van der Waals surface area (Å²) >= 11 is 0. The van der Waals surface area contributed by atoms with Crippen LogP contribution in [0, 0.1) is 13.8 Å². The molecule has 4 aromatic rings. The highest BCUT2D eigenvalue weighted by Gasteiger charge is 2.26. The largest absolute Gasteiger partial charge is 0.0616 e. The maximum absolute atomic E-state index is 2.48. The number of rotatable bonds is 0. The molecule has 0 unspecified atom stereocenters. The molecular formula is C26H20. The molecule has 2 aliphatic rings. The second-order valence-electron chi connectivity index (χ2n) is 7.95. The van der Waals surface area contributed by atoms with Crippen LogP contribution in [0.4, 0.5) is 0 Å². The minimum Gasteiger partial charge on any atom is -0.0616 e. The lowest BCUT2D eigenvalue weighted by Gasteiger charge is -2.11. The maximum atomic E-state index is 2.48. The monoisotopic (exact) mass is 332 g/mol. The second-order valence-corrected chi connectivity index (χ2v) is 7.95. The Balaban J connectivity index is 1.65. The van der Waals surface area contributed by atoms with Gasteiger partial charge < -0.3 is 0 Å². The van der Waals surface area contributed by atoms with Gasteiger partial charge in [0.2, 0.25) is 0 Å². The first kappa shape index (κ1) is 14.3. The number of hydrogen-bond donors (Lipinski definition) is 0. The van der Waals surface area contributed by atoms with Gasteiger partial charge in [-0.3, -0.25) is 0 Å². The van der Waals surface area contributed by atoms with Crippen LogP contribution >= 0.6 is 0 Å². The van der Waals surface area contributed by atoms with Gasteiger partial charge in [0, 0.05) is 0 Å². The minimum atomic E-state index is 1.07. The summed E-state index contributed by atoms with van der Waals surface area (Å²) in [6.07, 6.45) is 2.15. The number of benzene rings is 4. The quantitative estimate of drug-likeness (QED) is 0.294. The number of aryl methyl sites for hydroxylation is 2. The van der Waals surface area contributed by atoms with E-state index in [0.717, 1.165) is 12.8 Å². The molecule has 0 atom stereocenters. The van der Waals surface area contributed by atoms with Gasteiger partial charge in [-0.2, -0.15) is 0 Å². The summed E-state index contributed by atoms with van der Waals surface area (Å²) in [4.78, 5) is 0. The van der Waals surface area contributed by atoms with Crippen LogP contribution in [0.3, 0.4) is 0 Å². The Morgan fingerprint density at radius 3 is 2.19 bits per heavy atom. The van der Waals surface area contributed by atoms with E-state index in [2.05, 4.69) is 74.5 Å². The predicted molar refractivity (Wildman–Crippen MR) is 110 cm³/mol. The average molecular weight is 332 g/mol. The van der Waals surface area contributed by atoms with Crippen molar-refractivity contribution in [3.63, 3.8) is 0 Å². The molecule has 0 radical (unpaired) electrons. The highest BCUT2D eigenvalue weighted by Crippen LogP contribution is 2.47. The molecule has 0 saturated heterocycles. The van der Waals surface area contributed by atoms with Crippen LogP contribution in [-0.4, -0.2) is 0 Å². The smallest absolute Gasteiger partial charge is 0.00130 e. The zero-order valence-corrected chi connectivity index (χ0v) is 15.2. The molecule has 0 fully saturated rings. The second kappa shape index (κ2) is 4.86. The van der Waals surface area contributed by atoms with E-state index in [-0.39, 0.29) is 0 Å². The summed E-state index contributed by atoms with van der Waals surface area (Å²) in [6.45, 7) is 4.43. The van der Waals surface area contributed by atoms with Gasteiger partial charge in [0.25, 0.3) is 0 Å². The minimum absolute atomic E-state index is 1.07. The summed E-state index contributed by atoms with van der Waals surface area (Å²) in [7, 11) is 0. The molecule has 0 heteroatoms. The van der Waals surface area contributed by atoms with Crippen LogP contribution in [0.25, 0.3) is 33.0 Å². The molecule has 0 aliphatic heterocycles. The van der Waals surface area contributed by atoms with Crippen molar-refractivity contribution in [2.24, 2.45) is 0 Å². The summed E-state index contributed by atoms with van der Waals surface area (Å²) in [5, 5.41) is 2.79. The molecule has 0 saturated carbocycles. The third-order valence-electron chi connectivity index (χ3n) is 6.24. The Hall–Kier alpha value is -2.86. The lowest BCUT2D eigenvalue weighted by Crippen LogP contribution is -1.87. The maximum Gasteiger partial charge on any atom is -0.00130 e. The van der Waals surface area contributed by atoms with Crippen molar-refractivity contribution < 1.29 is 0 Å². The van der Waals surface area contributed by atoms with Crippen LogP contribution in [0.15, 0.2) is 60.7 Å². The normalized spacial score (nSPS) is 13.5. The van der Waals surface area contributed by atoms with Gasteiger partial charge in [0.15, 0.2) is 0 Å². The van der Waals surface area contributed by atoms with E-state index < -0.39 is 0 Å². The molecule has 26 heavy (non-hydrogen) atoms. The molecule has 0 N–H and O–H groups in total. The predicted octanol–water partition coefficient (Wildman–Crippen LogP) is 6.60. The van der Waals surface area contributed by atoms with Gasteiger partial charge >= 0.3 is 0 Å². The Kier molecular flexibility index (Phi) is 2.68. The zero-order chi connectivity index (χ0) is 17.4. The van der Waals surface area contributed by atoms with E-state index >= 15 is 0 Å². The van der Waals surface area contributed by atoms with Crippen molar-refractivity contribution >= 4 is 10.8 Å². The van der Waals surface area contributed by atoms with E-state index in [9.17, 15) is 0 Å². The van der Waals surface area contributed by atoms with Gasteiger partial charge in [0.1, 0.15) is 0 Å². The fourth-order valence-electron chi connectivity index (χ4n) is 5.10. The molecule has 4 aromatic carbocycles. The Morgan fingerprint density at radius 1 is 0.577 bits per heavy atom. The van der Waals surface area contributed by atoms with Gasteiger partial charge in [-0.05, 0) is 93.6 Å². The summed E-state index contributed by atoms with van der Waals surface area (Å²) in [5.41, 5.74) is 14.5. The zero-order valence-electron chi connectivity index (χ0n) is 15.2. The molecule has 2 aliphatic carbocycles. The third-order valence-corrected chi connectivity index (χ3v) is 6.24. The fourth-order valence-corrected chi connectivity index (χ4v) is 5.10. The molecular weight excluding hydrogens is 312 g/mol. The molecule has 0 bridgehead atoms. The first-order valence-electron chi connectivity index (χ1n) is 9.46. The fraction of sp³-hybridized carbons (Fsp3) is 0.154. The lowest BCUT2D eigenvalue weighted by molar-refractivity contribution is 1.21. The van der Waals surface area contributed by atoms with Gasteiger partial charge in [0.05, 0.1) is 0 Å². The lowest BCUT2D eigenvalue weighted by atomic mass is 9.93. The van der Waals surface area contributed by atoms with Crippen molar-refractivity contribution in [3.05, 3.63) is 94.0 Å². The van der Waals surface area contributed by atoms with E-state index in [1.165, 1.54) is 66.4 Å². The summed E-state index contributed by atoms with van der Waals surface area (Å²) in [5.74, 6) is 0. The van der Waals surface area contributed by atoms with Crippen molar-refractivity contribution in [1.82, 2.24) is 0 Å².